The molecular formula is C10H17P. The van der Waals surface area contributed by atoms with Crippen LogP contribution in [0.3, 0.4) is 0 Å². The highest BCUT2D eigenvalue weighted by Crippen LogP contribution is 2.30. The third kappa shape index (κ3) is 3.75. The van der Waals surface area contributed by atoms with Crippen molar-refractivity contribution in [1.29, 1.82) is 0 Å². The lowest BCUT2D eigenvalue weighted by Gasteiger charge is -2.00. The van der Waals surface area contributed by atoms with Crippen LogP contribution >= 0.6 is 8.58 Å². The summed E-state index contributed by atoms with van der Waals surface area (Å²) >= 11 is 0. The lowest BCUT2D eigenvalue weighted by Crippen LogP contribution is -1.76. The molecule has 1 saturated heterocycles. The SMILES string of the molecule is C=C=C1CCCCCCCP1. The monoisotopic (exact) mass is 168 g/mol. The molecule has 0 radical (unpaired) electrons. The van der Waals surface area contributed by atoms with Gasteiger partial charge in [-0.25, -0.2) is 0 Å². The zero-order valence-electron chi connectivity index (χ0n) is 7.16. The Bertz CT molecular complexity index is 142. The van der Waals surface area contributed by atoms with Crippen molar-refractivity contribution in [2.45, 2.75) is 38.5 Å². The molecule has 1 heterocycles. The van der Waals surface area contributed by atoms with Crippen molar-refractivity contribution in [3.8, 4) is 0 Å². The molecule has 1 aliphatic rings. The van der Waals surface area contributed by atoms with Crippen molar-refractivity contribution in [1.82, 2.24) is 0 Å². The summed E-state index contributed by atoms with van der Waals surface area (Å²) in [6.07, 6.45) is 9.73. The Balaban J connectivity index is 2.37. The van der Waals surface area contributed by atoms with Crippen LogP contribution in [0.5, 0.6) is 0 Å². The zero-order valence-corrected chi connectivity index (χ0v) is 8.16. The Labute approximate surface area is 71.6 Å². The van der Waals surface area contributed by atoms with Crippen LogP contribution in [0.4, 0.5) is 0 Å². The second kappa shape index (κ2) is 5.58. The minimum absolute atomic E-state index is 1.02. The second-order valence-corrected chi connectivity index (χ2v) is 4.56. The van der Waals surface area contributed by atoms with E-state index in [0.717, 1.165) is 8.58 Å². The molecule has 1 atom stereocenters. The van der Waals surface area contributed by atoms with Crippen LogP contribution in [0, 0.1) is 0 Å². The number of allylic oxidation sites excluding steroid dienone is 1. The zero-order chi connectivity index (χ0) is 7.94. The summed E-state index contributed by atoms with van der Waals surface area (Å²) in [7, 11) is 1.02. The molecule has 1 unspecified atom stereocenters. The molecule has 0 amide bonds. The van der Waals surface area contributed by atoms with E-state index < -0.39 is 0 Å². The Morgan fingerprint density at radius 2 is 1.82 bits per heavy atom. The molecule has 1 fully saturated rings. The summed E-state index contributed by atoms with van der Waals surface area (Å²) in [5.74, 6) is 0. The maximum Gasteiger partial charge on any atom is -0.00844 e. The molecule has 11 heavy (non-hydrogen) atoms. The van der Waals surface area contributed by atoms with Crippen molar-refractivity contribution in [2.75, 3.05) is 6.16 Å². The maximum atomic E-state index is 3.73. The van der Waals surface area contributed by atoms with Crippen LogP contribution < -0.4 is 0 Å². The molecule has 0 aromatic carbocycles. The fourth-order valence-electron chi connectivity index (χ4n) is 1.44. The van der Waals surface area contributed by atoms with Crippen molar-refractivity contribution in [3.05, 3.63) is 17.6 Å². The summed E-state index contributed by atoms with van der Waals surface area (Å²) in [6, 6.07) is 0. The molecule has 62 valence electrons. The Kier molecular flexibility index (Phi) is 4.59. The van der Waals surface area contributed by atoms with Gasteiger partial charge >= 0.3 is 0 Å². The van der Waals surface area contributed by atoms with Crippen molar-refractivity contribution >= 4 is 8.58 Å². The van der Waals surface area contributed by atoms with Gasteiger partial charge in [0.1, 0.15) is 0 Å². The van der Waals surface area contributed by atoms with Gasteiger partial charge in [0.15, 0.2) is 0 Å². The van der Waals surface area contributed by atoms with Gasteiger partial charge in [0.2, 0.25) is 0 Å². The van der Waals surface area contributed by atoms with Crippen LogP contribution in [0.2, 0.25) is 0 Å². The Morgan fingerprint density at radius 3 is 2.64 bits per heavy atom. The van der Waals surface area contributed by atoms with E-state index in [9.17, 15) is 0 Å². The average molecular weight is 168 g/mol. The first-order valence-electron chi connectivity index (χ1n) is 4.56. The standard InChI is InChI=1S/C10H17P/c1-2-10-8-6-4-3-5-7-9-11-10/h11H,1,3-9H2. The predicted octanol–water partition coefficient (Wildman–Crippen LogP) is 3.69. The molecule has 0 N–H and O–H groups in total. The maximum absolute atomic E-state index is 3.73. The number of hydrogen-bond donors (Lipinski definition) is 0. The largest absolute Gasteiger partial charge is 0.125 e. The Morgan fingerprint density at radius 1 is 1.09 bits per heavy atom. The smallest absolute Gasteiger partial charge is 0.00844 e. The molecule has 0 aromatic heterocycles. The van der Waals surface area contributed by atoms with Crippen molar-refractivity contribution in [2.24, 2.45) is 0 Å². The van der Waals surface area contributed by atoms with E-state index in [1.165, 1.54) is 50.0 Å². The molecule has 0 spiro atoms. The van der Waals surface area contributed by atoms with Gasteiger partial charge in [-0.05, 0) is 30.7 Å². The van der Waals surface area contributed by atoms with Crippen LogP contribution in [0.25, 0.3) is 0 Å². The highest BCUT2D eigenvalue weighted by Gasteiger charge is 2.00. The van der Waals surface area contributed by atoms with Gasteiger partial charge in [-0.1, -0.05) is 34.4 Å². The van der Waals surface area contributed by atoms with Gasteiger partial charge in [-0.3, -0.25) is 0 Å². The summed E-state index contributed by atoms with van der Waals surface area (Å²) in [4.78, 5) is 0. The Hall–Kier alpha value is -0.0500. The van der Waals surface area contributed by atoms with E-state index in [0.29, 0.717) is 0 Å². The van der Waals surface area contributed by atoms with Gasteiger partial charge in [0.25, 0.3) is 0 Å². The summed E-state index contributed by atoms with van der Waals surface area (Å²) in [5.41, 5.74) is 3.08. The lowest BCUT2D eigenvalue weighted by atomic mass is 10.1. The van der Waals surface area contributed by atoms with E-state index >= 15 is 0 Å². The highest BCUT2D eigenvalue weighted by atomic mass is 31.1. The second-order valence-electron chi connectivity index (χ2n) is 3.10. The fourth-order valence-corrected chi connectivity index (χ4v) is 2.64. The molecule has 0 nitrogen and oxygen atoms in total. The fraction of sp³-hybridized carbons (Fsp3) is 0.700. The van der Waals surface area contributed by atoms with E-state index in [1.807, 2.05) is 0 Å². The summed E-state index contributed by atoms with van der Waals surface area (Å²) < 4.78 is 0. The normalized spacial score (nSPS) is 23.5. The molecule has 1 heteroatoms. The third-order valence-corrected chi connectivity index (χ3v) is 3.61. The molecule has 0 aromatic rings. The summed E-state index contributed by atoms with van der Waals surface area (Å²) in [6.45, 7) is 3.73. The minimum Gasteiger partial charge on any atom is -0.125 e. The van der Waals surface area contributed by atoms with E-state index in [2.05, 4.69) is 12.3 Å². The molecular weight excluding hydrogens is 151 g/mol. The highest BCUT2D eigenvalue weighted by molar-refractivity contribution is 7.43. The predicted molar refractivity (Wildman–Crippen MR) is 53.5 cm³/mol. The molecule has 1 aliphatic heterocycles. The van der Waals surface area contributed by atoms with Gasteiger partial charge in [0, 0.05) is 0 Å². The van der Waals surface area contributed by atoms with Crippen LogP contribution in [0.1, 0.15) is 38.5 Å². The van der Waals surface area contributed by atoms with E-state index in [-0.39, 0.29) is 0 Å². The molecule has 0 saturated carbocycles. The lowest BCUT2D eigenvalue weighted by molar-refractivity contribution is 0.643. The van der Waals surface area contributed by atoms with Crippen molar-refractivity contribution in [3.63, 3.8) is 0 Å². The van der Waals surface area contributed by atoms with Gasteiger partial charge < -0.3 is 0 Å². The van der Waals surface area contributed by atoms with Crippen LogP contribution in [-0.4, -0.2) is 6.16 Å². The average Bonchev–Trinajstić information content (AvgIpc) is 2.16. The third-order valence-electron chi connectivity index (χ3n) is 2.16. The molecule has 1 rings (SSSR count). The van der Waals surface area contributed by atoms with Gasteiger partial charge in [-0.15, -0.1) is 5.73 Å². The van der Waals surface area contributed by atoms with Gasteiger partial charge in [0.05, 0.1) is 0 Å². The first-order valence-corrected chi connectivity index (χ1v) is 5.77. The minimum atomic E-state index is 1.02. The summed E-state index contributed by atoms with van der Waals surface area (Å²) in [5, 5.41) is 1.49. The van der Waals surface area contributed by atoms with Gasteiger partial charge in [-0.2, -0.15) is 0 Å². The quantitative estimate of drug-likeness (QED) is 0.382. The molecule has 0 bridgehead atoms. The van der Waals surface area contributed by atoms with E-state index in [1.54, 1.807) is 0 Å². The number of rotatable bonds is 0. The van der Waals surface area contributed by atoms with Crippen molar-refractivity contribution < 1.29 is 0 Å². The number of hydrogen-bond acceptors (Lipinski definition) is 0. The first-order chi connectivity index (χ1) is 5.43. The topological polar surface area (TPSA) is 0 Å². The van der Waals surface area contributed by atoms with Crippen LogP contribution in [0.15, 0.2) is 17.6 Å². The van der Waals surface area contributed by atoms with Crippen LogP contribution in [-0.2, 0) is 0 Å². The van der Waals surface area contributed by atoms with E-state index in [4.69, 9.17) is 0 Å². The molecule has 0 aliphatic carbocycles. The first kappa shape index (κ1) is 9.04.